The third-order valence-corrected chi connectivity index (χ3v) is 5.28. The highest BCUT2D eigenvalue weighted by atomic mass is 32.1. The minimum absolute atomic E-state index is 0.122. The molecule has 0 fully saturated rings. The molecule has 0 unspecified atom stereocenters. The maximum Gasteiger partial charge on any atom is 0.331 e. The van der Waals surface area contributed by atoms with Gasteiger partial charge in [0.1, 0.15) is 6.54 Å². The average molecular weight is 432 g/mol. The Balaban J connectivity index is 1.56. The van der Waals surface area contributed by atoms with Crippen molar-refractivity contribution in [1.82, 2.24) is 23.9 Å². The topological polar surface area (TPSA) is 104 Å². The van der Waals surface area contributed by atoms with E-state index in [0.29, 0.717) is 16.8 Å². The second-order valence-electron chi connectivity index (χ2n) is 6.46. The summed E-state index contributed by atoms with van der Waals surface area (Å²) in [5.41, 5.74) is 0.121. The number of hydrogen-bond donors (Lipinski definition) is 1. The fraction of sp³-hybridized carbons (Fsp3) is 0.167. The molecule has 0 radical (unpaired) electrons. The van der Waals surface area contributed by atoms with Crippen LogP contribution in [0.4, 0.5) is 13.9 Å². The fourth-order valence-electron chi connectivity index (χ4n) is 2.95. The standard InChI is InChI=1S/C18H14F2N6O3S/c1-24-13-6-21-26(15(13)16(28)25(2)18(24)29)7-14(27)23-17-22-12(8-30-17)9-3-4-10(19)11(20)5-9/h3-6,8H,7H2,1-2H3,(H,22,23,27). The van der Waals surface area contributed by atoms with Gasteiger partial charge in [0, 0.05) is 25.0 Å². The molecule has 30 heavy (non-hydrogen) atoms. The molecule has 0 bridgehead atoms. The largest absolute Gasteiger partial charge is 0.331 e. The first kappa shape index (κ1) is 19.6. The number of thiazole rings is 1. The van der Waals surface area contributed by atoms with Crippen LogP contribution in [0.2, 0.25) is 0 Å². The molecule has 0 saturated carbocycles. The van der Waals surface area contributed by atoms with Gasteiger partial charge in [-0.05, 0) is 18.2 Å². The number of rotatable bonds is 4. The predicted octanol–water partition coefficient (Wildman–Crippen LogP) is 1.47. The van der Waals surface area contributed by atoms with E-state index >= 15 is 0 Å². The molecule has 0 saturated heterocycles. The molecule has 1 aromatic carbocycles. The molecule has 0 aliphatic heterocycles. The first-order valence-electron chi connectivity index (χ1n) is 8.58. The predicted molar refractivity (Wildman–Crippen MR) is 106 cm³/mol. The Bertz CT molecular complexity index is 1420. The van der Waals surface area contributed by atoms with Crippen LogP contribution in [0.1, 0.15) is 0 Å². The van der Waals surface area contributed by atoms with Crippen molar-refractivity contribution in [3.05, 3.63) is 62.2 Å². The van der Waals surface area contributed by atoms with E-state index in [2.05, 4.69) is 15.4 Å². The second-order valence-corrected chi connectivity index (χ2v) is 7.31. The monoisotopic (exact) mass is 432 g/mol. The van der Waals surface area contributed by atoms with Crippen LogP contribution in [0, 0.1) is 11.6 Å². The number of amides is 1. The lowest BCUT2D eigenvalue weighted by molar-refractivity contribution is -0.116. The van der Waals surface area contributed by atoms with E-state index in [1.807, 2.05) is 0 Å². The zero-order chi connectivity index (χ0) is 21.6. The Kier molecular flexibility index (Phi) is 4.78. The lowest BCUT2D eigenvalue weighted by atomic mass is 10.2. The summed E-state index contributed by atoms with van der Waals surface area (Å²) in [4.78, 5) is 41.0. The van der Waals surface area contributed by atoms with Crippen LogP contribution >= 0.6 is 11.3 Å². The number of aryl methyl sites for hydroxylation is 1. The molecule has 0 spiro atoms. The number of anilines is 1. The van der Waals surface area contributed by atoms with Gasteiger partial charge in [0.05, 0.1) is 17.4 Å². The van der Waals surface area contributed by atoms with Crippen LogP contribution < -0.4 is 16.6 Å². The Morgan fingerprint density at radius 1 is 1.17 bits per heavy atom. The first-order valence-corrected chi connectivity index (χ1v) is 9.46. The van der Waals surface area contributed by atoms with Crippen LogP contribution in [-0.4, -0.2) is 29.8 Å². The van der Waals surface area contributed by atoms with Gasteiger partial charge in [-0.2, -0.15) is 5.10 Å². The second kappa shape index (κ2) is 7.30. The van der Waals surface area contributed by atoms with Crippen molar-refractivity contribution < 1.29 is 13.6 Å². The van der Waals surface area contributed by atoms with Gasteiger partial charge >= 0.3 is 5.69 Å². The number of carbonyl (C=O) groups excluding carboxylic acids is 1. The van der Waals surface area contributed by atoms with Crippen LogP contribution in [0.25, 0.3) is 22.3 Å². The summed E-state index contributed by atoms with van der Waals surface area (Å²) in [7, 11) is 2.85. The van der Waals surface area contributed by atoms with Crippen molar-refractivity contribution in [2.45, 2.75) is 6.54 Å². The molecule has 1 amide bonds. The molecule has 9 nitrogen and oxygen atoms in total. The highest BCUT2D eigenvalue weighted by Crippen LogP contribution is 2.26. The summed E-state index contributed by atoms with van der Waals surface area (Å²) in [6, 6.07) is 3.40. The quantitative estimate of drug-likeness (QED) is 0.526. The van der Waals surface area contributed by atoms with Crippen molar-refractivity contribution in [2.24, 2.45) is 14.1 Å². The van der Waals surface area contributed by atoms with E-state index in [1.165, 1.54) is 35.6 Å². The summed E-state index contributed by atoms with van der Waals surface area (Å²) in [6.07, 6.45) is 1.34. The van der Waals surface area contributed by atoms with Gasteiger partial charge in [0.15, 0.2) is 22.3 Å². The van der Waals surface area contributed by atoms with Crippen LogP contribution in [-0.2, 0) is 25.4 Å². The van der Waals surface area contributed by atoms with Gasteiger partial charge in [-0.15, -0.1) is 11.3 Å². The molecular weight excluding hydrogens is 418 g/mol. The van der Waals surface area contributed by atoms with E-state index in [0.717, 1.165) is 28.0 Å². The maximum absolute atomic E-state index is 13.4. The molecule has 154 valence electrons. The number of hydrogen-bond acceptors (Lipinski definition) is 6. The number of halogens is 2. The molecule has 12 heteroatoms. The van der Waals surface area contributed by atoms with Crippen molar-refractivity contribution in [1.29, 1.82) is 0 Å². The van der Waals surface area contributed by atoms with Crippen LogP contribution in [0.15, 0.2) is 39.4 Å². The number of aromatic nitrogens is 5. The van der Waals surface area contributed by atoms with E-state index in [-0.39, 0.29) is 17.2 Å². The van der Waals surface area contributed by atoms with Gasteiger partial charge in [0.2, 0.25) is 5.91 Å². The fourth-order valence-corrected chi connectivity index (χ4v) is 3.68. The first-order chi connectivity index (χ1) is 14.3. The Morgan fingerprint density at radius 2 is 1.93 bits per heavy atom. The van der Waals surface area contributed by atoms with Crippen LogP contribution in [0.3, 0.4) is 0 Å². The molecule has 0 aliphatic rings. The summed E-state index contributed by atoms with van der Waals surface area (Å²) in [5, 5.41) is 8.46. The highest BCUT2D eigenvalue weighted by Gasteiger charge is 2.17. The minimum Gasteiger partial charge on any atom is -0.300 e. The van der Waals surface area contributed by atoms with Gasteiger partial charge < -0.3 is 5.32 Å². The Morgan fingerprint density at radius 3 is 2.67 bits per heavy atom. The SMILES string of the molecule is Cn1c(=O)c2c(cnn2CC(=O)Nc2nc(-c3ccc(F)c(F)c3)cs2)n(C)c1=O. The lowest BCUT2D eigenvalue weighted by Gasteiger charge is -2.06. The maximum atomic E-state index is 13.4. The molecule has 3 heterocycles. The smallest absolute Gasteiger partial charge is 0.300 e. The van der Waals surface area contributed by atoms with Gasteiger partial charge in [-0.25, -0.2) is 23.2 Å². The zero-order valence-electron chi connectivity index (χ0n) is 15.7. The number of fused-ring (bicyclic) bond motifs is 1. The molecule has 0 atom stereocenters. The number of nitrogens with zero attached hydrogens (tertiary/aromatic N) is 5. The zero-order valence-corrected chi connectivity index (χ0v) is 16.5. The summed E-state index contributed by atoms with van der Waals surface area (Å²) < 4.78 is 29.9. The van der Waals surface area contributed by atoms with Crippen molar-refractivity contribution in [2.75, 3.05) is 5.32 Å². The van der Waals surface area contributed by atoms with Gasteiger partial charge in [-0.1, -0.05) is 0 Å². The Hall–Kier alpha value is -3.67. The van der Waals surface area contributed by atoms with Crippen molar-refractivity contribution in [3.8, 4) is 11.3 Å². The molecule has 4 aromatic rings. The van der Waals surface area contributed by atoms with Crippen molar-refractivity contribution in [3.63, 3.8) is 0 Å². The van der Waals surface area contributed by atoms with Gasteiger partial charge in [-0.3, -0.25) is 18.7 Å². The average Bonchev–Trinajstić information content (AvgIpc) is 3.34. The number of benzene rings is 1. The Labute approximate surface area is 170 Å². The van der Waals surface area contributed by atoms with Gasteiger partial charge in [0.25, 0.3) is 5.56 Å². The van der Waals surface area contributed by atoms with Crippen LogP contribution in [0.5, 0.6) is 0 Å². The summed E-state index contributed by atoms with van der Waals surface area (Å²) in [6.45, 7) is -0.281. The molecule has 3 aromatic heterocycles. The third kappa shape index (κ3) is 3.30. The van der Waals surface area contributed by atoms with E-state index in [4.69, 9.17) is 0 Å². The minimum atomic E-state index is -0.993. The van der Waals surface area contributed by atoms with E-state index in [9.17, 15) is 23.2 Å². The molecule has 1 N–H and O–H groups in total. The lowest BCUT2D eigenvalue weighted by Crippen LogP contribution is -2.37. The summed E-state index contributed by atoms with van der Waals surface area (Å²) >= 11 is 1.11. The third-order valence-electron chi connectivity index (χ3n) is 4.52. The van der Waals surface area contributed by atoms with Crippen molar-refractivity contribution >= 4 is 33.4 Å². The number of nitrogens with one attached hydrogen (secondary N) is 1. The molecule has 4 rings (SSSR count). The number of carbonyl (C=O) groups is 1. The molecule has 0 aliphatic carbocycles. The normalized spacial score (nSPS) is 11.2. The van der Waals surface area contributed by atoms with E-state index in [1.54, 1.807) is 5.38 Å². The molecular formula is C18H14F2N6O3S. The highest BCUT2D eigenvalue weighted by molar-refractivity contribution is 7.14. The summed E-state index contributed by atoms with van der Waals surface area (Å²) in [5.74, 6) is -2.45. The van der Waals surface area contributed by atoms with E-state index < -0.39 is 28.8 Å².